The second kappa shape index (κ2) is 7.70. The highest BCUT2D eigenvalue weighted by Crippen LogP contribution is 2.20. The molecule has 1 aromatic carbocycles. The Morgan fingerprint density at radius 3 is 2.71 bits per heavy atom. The maximum Gasteiger partial charge on any atom is 0.251 e. The minimum atomic E-state index is -0.102. The standard InChI is InChI=1S/C17H24N2O2/c1-5-17(2,3)12-19-16(20)14-8-9-15(21-4)13(11-14)7-6-10-18/h8-9,11H,5,10,12,18H2,1-4H3,(H,19,20). The molecule has 0 saturated carbocycles. The first-order valence-corrected chi connectivity index (χ1v) is 7.08. The van der Waals surface area contributed by atoms with Crippen LogP contribution in [0, 0.1) is 17.3 Å². The highest BCUT2D eigenvalue weighted by molar-refractivity contribution is 5.94. The van der Waals surface area contributed by atoms with Crippen LogP contribution < -0.4 is 15.8 Å². The van der Waals surface area contributed by atoms with Gasteiger partial charge in [-0.2, -0.15) is 0 Å². The first-order chi connectivity index (χ1) is 9.93. The largest absolute Gasteiger partial charge is 0.495 e. The van der Waals surface area contributed by atoms with Crippen LogP contribution in [0.4, 0.5) is 0 Å². The zero-order chi connectivity index (χ0) is 15.9. The van der Waals surface area contributed by atoms with Crippen LogP contribution in [0.2, 0.25) is 0 Å². The van der Waals surface area contributed by atoms with E-state index in [-0.39, 0.29) is 17.9 Å². The number of rotatable bonds is 5. The van der Waals surface area contributed by atoms with Crippen molar-refractivity contribution in [1.82, 2.24) is 5.32 Å². The summed E-state index contributed by atoms with van der Waals surface area (Å²) in [7, 11) is 1.58. The number of benzene rings is 1. The number of hydrogen-bond acceptors (Lipinski definition) is 3. The average molecular weight is 288 g/mol. The van der Waals surface area contributed by atoms with E-state index in [0.29, 0.717) is 23.4 Å². The van der Waals surface area contributed by atoms with Crippen molar-refractivity contribution in [2.24, 2.45) is 11.1 Å². The fourth-order valence-corrected chi connectivity index (χ4v) is 1.64. The zero-order valence-corrected chi connectivity index (χ0v) is 13.2. The first-order valence-electron chi connectivity index (χ1n) is 7.08. The summed E-state index contributed by atoms with van der Waals surface area (Å²) in [4.78, 5) is 12.2. The quantitative estimate of drug-likeness (QED) is 0.816. The third-order valence-electron chi connectivity index (χ3n) is 3.47. The van der Waals surface area contributed by atoms with Crippen molar-refractivity contribution in [3.8, 4) is 17.6 Å². The van der Waals surface area contributed by atoms with Crippen molar-refractivity contribution >= 4 is 5.91 Å². The second-order valence-corrected chi connectivity index (χ2v) is 5.62. The van der Waals surface area contributed by atoms with Gasteiger partial charge in [0.05, 0.1) is 19.2 Å². The summed E-state index contributed by atoms with van der Waals surface area (Å²) in [5, 5.41) is 2.96. The summed E-state index contributed by atoms with van der Waals surface area (Å²) >= 11 is 0. The lowest BCUT2D eigenvalue weighted by atomic mass is 9.90. The van der Waals surface area contributed by atoms with Crippen LogP contribution in [0.15, 0.2) is 18.2 Å². The Balaban J connectivity index is 2.90. The lowest BCUT2D eigenvalue weighted by Gasteiger charge is -2.22. The maximum absolute atomic E-state index is 12.2. The fourth-order valence-electron chi connectivity index (χ4n) is 1.64. The molecule has 0 bridgehead atoms. The van der Waals surface area contributed by atoms with E-state index in [9.17, 15) is 4.79 Å². The van der Waals surface area contributed by atoms with E-state index < -0.39 is 0 Å². The summed E-state index contributed by atoms with van der Waals surface area (Å²) in [6.45, 7) is 7.27. The molecule has 0 spiro atoms. The second-order valence-electron chi connectivity index (χ2n) is 5.62. The molecule has 0 unspecified atom stereocenters. The number of ether oxygens (including phenoxy) is 1. The van der Waals surface area contributed by atoms with Crippen LogP contribution in [-0.2, 0) is 0 Å². The Bertz CT molecular complexity index is 554. The summed E-state index contributed by atoms with van der Waals surface area (Å²) in [6, 6.07) is 5.22. The van der Waals surface area contributed by atoms with Crippen molar-refractivity contribution < 1.29 is 9.53 Å². The Kier molecular flexibility index (Phi) is 6.26. The molecule has 1 rings (SSSR count). The Labute approximate surface area is 127 Å². The van der Waals surface area contributed by atoms with Gasteiger partial charge in [0.15, 0.2) is 0 Å². The average Bonchev–Trinajstić information content (AvgIpc) is 2.50. The summed E-state index contributed by atoms with van der Waals surface area (Å²) < 4.78 is 5.23. The number of nitrogens with one attached hydrogen (secondary N) is 1. The molecule has 4 nitrogen and oxygen atoms in total. The molecular formula is C17H24N2O2. The number of amides is 1. The molecule has 0 aliphatic heterocycles. The van der Waals surface area contributed by atoms with Crippen molar-refractivity contribution in [3.63, 3.8) is 0 Å². The molecule has 3 N–H and O–H groups in total. The molecule has 1 amide bonds. The molecule has 0 fully saturated rings. The highest BCUT2D eigenvalue weighted by Gasteiger charge is 2.17. The van der Waals surface area contributed by atoms with Crippen molar-refractivity contribution in [2.45, 2.75) is 27.2 Å². The van der Waals surface area contributed by atoms with Gasteiger partial charge in [0.2, 0.25) is 0 Å². The lowest BCUT2D eigenvalue weighted by molar-refractivity contribution is 0.0935. The van der Waals surface area contributed by atoms with Crippen LogP contribution in [0.3, 0.4) is 0 Å². The molecule has 4 heteroatoms. The van der Waals surface area contributed by atoms with Crippen LogP contribution in [-0.4, -0.2) is 26.1 Å². The molecule has 21 heavy (non-hydrogen) atoms. The van der Waals surface area contributed by atoms with E-state index in [0.717, 1.165) is 6.42 Å². The van der Waals surface area contributed by atoms with Crippen molar-refractivity contribution in [2.75, 3.05) is 20.2 Å². The molecule has 0 aliphatic rings. The van der Waals surface area contributed by atoms with Crippen LogP contribution in [0.5, 0.6) is 5.75 Å². The van der Waals surface area contributed by atoms with E-state index in [1.165, 1.54) is 0 Å². The highest BCUT2D eigenvalue weighted by atomic mass is 16.5. The van der Waals surface area contributed by atoms with Gasteiger partial charge in [-0.1, -0.05) is 32.6 Å². The third-order valence-corrected chi connectivity index (χ3v) is 3.47. The Morgan fingerprint density at radius 2 is 2.14 bits per heavy atom. The molecular weight excluding hydrogens is 264 g/mol. The van der Waals surface area contributed by atoms with Gasteiger partial charge >= 0.3 is 0 Å². The van der Waals surface area contributed by atoms with Gasteiger partial charge < -0.3 is 15.8 Å². The van der Waals surface area contributed by atoms with E-state index in [1.54, 1.807) is 25.3 Å². The van der Waals surface area contributed by atoms with E-state index in [1.807, 2.05) is 0 Å². The smallest absolute Gasteiger partial charge is 0.251 e. The van der Waals surface area contributed by atoms with Crippen LogP contribution in [0.25, 0.3) is 0 Å². The fraction of sp³-hybridized carbons (Fsp3) is 0.471. The predicted octanol–water partition coefficient (Wildman–Crippen LogP) is 2.17. The SMILES string of the molecule is CCC(C)(C)CNC(=O)c1ccc(OC)c(C#CCN)c1. The van der Waals surface area contributed by atoms with E-state index in [2.05, 4.69) is 37.9 Å². The third kappa shape index (κ3) is 5.13. The number of methoxy groups -OCH3 is 1. The van der Waals surface area contributed by atoms with Gasteiger partial charge in [-0.15, -0.1) is 0 Å². The molecule has 0 saturated heterocycles. The summed E-state index contributed by atoms with van der Waals surface area (Å²) in [5.74, 6) is 6.24. The van der Waals surface area contributed by atoms with E-state index in [4.69, 9.17) is 10.5 Å². The molecule has 1 aromatic rings. The monoisotopic (exact) mass is 288 g/mol. The number of carbonyl (C=O) groups excluding carboxylic acids is 1. The number of hydrogen-bond donors (Lipinski definition) is 2. The normalized spacial score (nSPS) is 10.5. The molecule has 0 heterocycles. The maximum atomic E-state index is 12.2. The molecule has 0 radical (unpaired) electrons. The van der Waals surface area contributed by atoms with Gasteiger partial charge in [0, 0.05) is 12.1 Å². The van der Waals surface area contributed by atoms with Crippen molar-refractivity contribution in [1.29, 1.82) is 0 Å². The molecule has 114 valence electrons. The Hall–Kier alpha value is -1.99. The van der Waals surface area contributed by atoms with E-state index >= 15 is 0 Å². The van der Waals surface area contributed by atoms with Gasteiger partial charge in [0.1, 0.15) is 5.75 Å². The minimum Gasteiger partial charge on any atom is -0.495 e. The zero-order valence-electron chi connectivity index (χ0n) is 13.2. The molecule has 0 atom stereocenters. The number of carbonyl (C=O) groups is 1. The molecule has 0 aromatic heterocycles. The topological polar surface area (TPSA) is 64.3 Å². The van der Waals surface area contributed by atoms with Gasteiger partial charge in [-0.05, 0) is 30.0 Å². The van der Waals surface area contributed by atoms with Gasteiger partial charge in [0.25, 0.3) is 5.91 Å². The van der Waals surface area contributed by atoms with Crippen LogP contribution >= 0.6 is 0 Å². The van der Waals surface area contributed by atoms with Gasteiger partial charge in [-0.25, -0.2) is 0 Å². The molecule has 0 aliphatic carbocycles. The summed E-state index contributed by atoms with van der Waals surface area (Å²) in [6.07, 6.45) is 1.00. The number of nitrogens with two attached hydrogens (primary N) is 1. The van der Waals surface area contributed by atoms with Crippen LogP contribution in [0.1, 0.15) is 43.1 Å². The minimum absolute atomic E-state index is 0.0876. The predicted molar refractivity (Wildman–Crippen MR) is 85.3 cm³/mol. The lowest BCUT2D eigenvalue weighted by Crippen LogP contribution is -2.33. The Morgan fingerprint density at radius 1 is 1.43 bits per heavy atom. The summed E-state index contributed by atoms with van der Waals surface area (Å²) in [5.41, 5.74) is 6.72. The van der Waals surface area contributed by atoms with Gasteiger partial charge in [-0.3, -0.25) is 4.79 Å². The first kappa shape index (κ1) is 17.1. The van der Waals surface area contributed by atoms with Crippen molar-refractivity contribution in [3.05, 3.63) is 29.3 Å².